The molecule has 37 heavy (non-hydrogen) atoms. The Bertz CT molecular complexity index is 1250. The van der Waals surface area contributed by atoms with E-state index in [1.54, 1.807) is 16.7 Å². The molecule has 1 heterocycles. The molecule has 4 rings (SSSR count). The predicted octanol–water partition coefficient (Wildman–Crippen LogP) is 7.59. The van der Waals surface area contributed by atoms with Gasteiger partial charge in [0.1, 0.15) is 12.4 Å². The normalized spacial score (nSPS) is 12.5. The van der Waals surface area contributed by atoms with Crippen LogP contribution in [0.4, 0.5) is 27.5 Å². The van der Waals surface area contributed by atoms with Crippen LogP contribution in [0.15, 0.2) is 58.3 Å². The Morgan fingerprint density at radius 3 is 1.76 bits per heavy atom. The van der Waals surface area contributed by atoms with Crippen LogP contribution in [0.3, 0.4) is 0 Å². The molecule has 1 amide bonds. The van der Waals surface area contributed by atoms with Crippen LogP contribution in [0.25, 0.3) is 0 Å². The zero-order valence-electron chi connectivity index (χ0n) is 23.3. The van der Waals surface area contributed by atoms with Crippen LogP contribution < -0.4 is 19.1 Å². The number of anilines is 4. The van der Waals surface area contributed by atoms with Crippen LogP contribution in [-0.2, 0) is 11.3 Å². The van der Waals surface area contributed by atoms with Gasteiger partial charge < -0.3 is 19.0 Å². The molecular weight excluding hydrogens is 498 g/mol. The number of nitrogens with zero attached hydrogens (tertiary/aromatic N) is 3. The maximum Gasteiger partial charge on any atom is 0.419 e. The predicted molar refractivity (Wildman–Crippen MR) is 158 cm³/mol. The van der Waals surface area contributed by atoms with Gasteiger partial charge in [-0.1, -0.05) is 11.8 Å². The molecule has 1 aliphatic rings. The summed E-state index contributed by atoms with van der Waals surface area (Å²) in [6, 6.07) is 16.4. The van der Waals surface area contributed by atoms with Crippen molar-refractivity contribution in [2.45, 2.75) is 49.9 Å². The van der Waals surface area contributed by atoms with Crippen molar-refractivity contribution in [1.82, 2.24) is 0 Å². The number of amides is 1. The van der Waals surface area contributed by atoms with Crippen LogP contribution >= 0.6 is 11.8 Å². The van der Waals surface area contributed by atoms with Crippen LogP contribution in [0.1, 0.15) is 16.7 Å². The zero-order valence-corrected chi connectivity index (χ0v) is 25.1. The summed E-state index contributed by atoms with van der Waals surface area (Å²) in [5.74, 6) is 0.943. The molecule has 0 saturated heterocycles. The van der Waals surface area contributed by atoms with E-state index in [0.717, 1.165) is 55.0 Å². The van der Waals surface area contributed by atoms with E-state index in [9.17, 15) is 4.79 Å². The molecule has 1 aliphatic heterocycles. The van der Waals surface area contributed by atoms with E-state index in [-0.39, 0.29) is 6.61 Å². The highest BCUT2D eigenvalue weighted by molar-refractivity contribution is 7.99. The van der Waals surface area contributed by atoms with E-state index >= 15 is 0 Å². The average Bonchev–Trinajstić information content (AvgIpc) is 2.81. The van der Waals surface area contributed by atoms with Gasteiger partial charge in [-0.15, -0.1) is 0 Å². The molecule has 8 heteroatoms. The second kappa shape index (κ2) is 10.3. The molecule has 0 bridgehead atoms. The maximum absolute atomic E-state index is 13.6. The minimum atomic E-state index is -1.73. The number of hydrogen-bond acceptors (Lipinski definition) is 6. The summed E-state index contributed by atoms with van der Waals surface area (Å²) in [4.78, 5) is 21.5. The van der Waals surface area contributed by atoms with E-state index in [4.69, 9.17) is 9.16 Å². The van der Waals surface area contributed by atoms with Gasteiger partial charge in [-0.05, 0) is 98.7 Å². The van der Waals surface area contributed by atoms with Crippen molar-refractivity contribution >= 4 is 48.9 Å². The molecule has 0 aliphatic carbocycles. The first-order valence-electron chi connectivity index (χ1n) is 12.4. The standard InChI is InChI=1S/C29H37N3O3SSi/c1-19-14-21(15-20(2)28(19)35-37(7,8)9)18-34-29(33)32-24-12-10-22(30(3)4)16-26(24)36-27-17-23(31(5)6)11-13-25(27)32/h10-17H,18H2,1-9H3. The summed E-state index contributed by atoms with van der Waals surface area (Å²) in [5.41, 5.74) is 6.89. The monoisotopic (exact) mass is 535 g/mol. The number of hydrogen-bond donors (Lipinski definition) is 0. The SMILES string of the molecule is Cc1cc(COC(=O)N2c3ccc(N(C)C)cc3Sc3cc(N(C)C)ccc32)cc(C)c1O[Si](C)(C)C. The highest BCUT2D eigenvalue weighted by Crippen LogP contribution is 2.50. The third-order valence-corrected chi connectivity index (χ3v) is 8.00. The van der Waals surface area contributed by atoms with Gasteiger partial charge in [0.05, 0.1) is 11.4 Å². The van der Waals surface area contributed by atoms with Crippen molar-refractivity contribution < 1.29 is 14.0 Å². The third kappa shape index (κ3) is 5.91. The third-order valence-electron chi connectivity index (χ3n) is 6.09. The summed E-state index contributed by atoms with van der Waals surface area (Å²) in [5, 5.41) is 0. The van der Waals surface area contributed by atoms with Gasteiger partial charge in [0, 0.05) is 49.4 Å². The van der Waals surface area contributed by atoms with Gasteiger partial charge >= 0.3 is 6.09 Å². The topological polar surface area (TPSA) is 45.2 Å². The van der Waals surface area contributed by atoms with E-state index in [2.05, 4.69) is 53.7 Å². The quantitative estimate of drug-likeness (QED) is 0.303. The first kappa shape index (κ1) is 26.9. The molecule has 0 aromatic heterocycles. The molecule has 0 unspecified atom stereocenters. The molecule has 0 N–H and O–H groups in total. The highest BCUT2D eigenvalue weighted by atomic mass is 32.2. The van der Waals surface area contributed by atoms with Crippen LogP contribution in [-0.4, -0.2) is 42.6 Å². The minimum Gasteiger partial charge on any atom is -0.544 e. The summed E-state index contributed by atoms with van der Waals surface area (Å²) in [7, 11) is 6.34. The smallest absolute Gasteiger partial charge is 0.419 e. The van der Waals surface area contributed by atoms with Gasteiger partial charge in [0.25, 0.3) is 0 Å². The molecule has 196 valence electrons. The fourth-order valence-electron chi connectivity index (χ4n) is 4.34. The Morgan fingerprint density at radius 1 is 0.838 bits per heavy atom. The molecule has 0 spiro atoms. The largest absolute Gasteiger partial charge is 0.544 e. The Morgan fingerprint density at radius 2 is 1.32 bits per heavy atom. The summed E-state index contributed by atoms with van der Waals surface area (Å²) < 4.78 is 12.2. The first-order chi connectivity index (χ1) is 17.3. The summed E-state index contributed by atoms with van der Waals surface area (Å²) in [6.45, 7) is 10.8. The Labute approximate surface area is 226 Å². The Hall–Kier alpha value is -3.10. The van der Waals surface area contributed by atoms with E-state index in [1.807, 2.05) is 66.3 Å². The Kier molecular flexibility index (Phi) is 7.53. The van der Waals surface area contributed by atoms with E-state index in [1.165, 1.54) is 0 Å². The van der Waals surface area contributed by atoms with Crippen LogP contribution in [0.2, 0.25) is 19.6 Å². The summed E-state index contributed by atoms with van der Waals surface area (Å²) in [6.07, 6.45) is -0.393. The molecule has 6 nitrogen and oxygen atoms in total. The van der Waals surface area contributed by atoms with Crippen molar-refractivity contribution in [1.29, 1.82) is 0 Å². The lowest BCUT2D eigenvalue weighted by Gasteiger charge is -2.32. The van der Waals surface area contributed by atoms with E-state index < -0.39 is 14.4 Å². The summed E-state index contributed by atoms with van der Waals surface area (Å²) >= 11 is 1.68. The zero-order chi connectivity index (χ0) is 27.1. The fraction of sp³-hybridized carbons (Fsp3) is 0.345. The second-order valence-electron chi connectivity index (χ2n) is 10.9. The highest BCUT2D eigenvalue weighted by Gasteiger charge is 2.30. The van der Waals surface area contributed by atoms with Crippen molar-refractivity contribution in [3.8, 4) is 5.75 Å². The number of carbonyl (C=O) groups excluding carboxylic acids is 1. The van der Waals surface area contributed by atoms with Crippen LogP contribution in [0.5, 0.6) is 5.75 Å². The van der Waals surface area contributed by atoms with Crippen LogP contribution in [0, 0.1) is 13.8 Å². The van der Waals surface area contributed by atoms with Gasteiger partial charge in [-0.3, -0.25) is 0 Å². The van der Waals surface area contributed by atoms with Gasteiger partial charge in [-0.25, -0.2) is 9.69 Å². The first-order valence-corrected chi connectivity index (χ1v) is 16.6. The fourth-order valence-corrected chi connectivity index (χ4v) is 6.40. The number of benzene rings is 3. The number of ether oxygens (including phenoxy) is 1. The lowest BCUT2D eigenvalue weighted by Crippen LogP contribution is -2.30. The molecular formula is C29H37N3O3SSi. The van der Waals surface area contributed by atoms with Gasteiger partial charge in [-0.2, -0.15) is 0 Å². The lowest BCUT2D eigenvalue weighted by atomic mass is 10.1. The van der Waals surface area contributed by atoms with Crippen molar-refractivity contribution in [2.75, 3.05) is 42.9 Å². The lowest BCUT2D eigenvalue weighted by molar-refractivity contribution is 0.149. The van der Waals surface area contributed by atoms with Crippen molar-refractivity contribution in [3.63, 3.8) is 0 Å². The van der Waals surface area contributed by atoms with Gasteiger partial charge in [0.15, 0.2) is 0 Å². The van der Waals surface area contributed by atoms with E-state index in [0.29, 0.717) is 0 Å². The van der Waals surface area contributed by atoms with Crippen molar-refractivity contribution in [2.24, 2.45) is 0 Å². The molecule has 3 aromatic rings. The molecule has 3 aromatic carbocycles. The second-order valence-corrected chi connectivity index (χ2v) is 16.4. The molecule has 0 fully saturated rings. The van der Waals surface area contributed by atoms with Crippen molar-refractivity contribution in [3.05, 3.63) is 65.2 Å². The molecule has 0 radical (unpaired) electrons. The molecule has 0 atom stereocenters. The number of carbonyl (C=O) groups is 1. The van der Waals surface area contributed by atoms with Gasteiger partial charge in [0.2, 0.25) is 8.32 Å². The average molecular weight is 536 g/mol. The number of fused-ring (bicyclic) bond motifs is 2. The maximum atomic E-state index is 13.6. The minimum absolute atomic E-state index is 0.188. The molecule has 0 saturated carbocycles. The number of aryl methyl sites for hydroxylation is 2. The number of rotatable bonds is 6. The Balaban J connectivity index is 1.64.